The minimum Gasteiger partial charge on any atom is 0 e. The second-order valence-corrected chi connectivity index (χ2v) is 26.6. The molecule has 0 bridgehead atoms. The van der Waals surface area contributed by atoms with E-state index in [9.17, 15) is 0 Å². The van der Waals surface area contributed by atoms with Crippen LogP contribution in [0.15, 0.2) is 138 Å². The fraction of sp³-hybridized carbons (Fsp3) is 0.184. The molecule has 0 N–H and O–H groups in total. The Kier molecular flexibility index (Phi) is 11.6. The van der Waals surface area contributed by atoms with Crippen LogP contribution in [-0.2, 0) is 25.5 Å². The fourth-order valence-corrected chi connectivity index (χ4v) is 8.92. The van der Waals surface area contributed by atoms with Crippen molar-refractivity contribution >= 4 is 39.6 Å². The average molecular weight is 944 g/mol. The first-order valence-corrected chi connectivity index (χ1v) is 25.7. The van der Waals surface area contributed by atoms with Gasteiger partial charge in [-0.25, -0.2) is 0 Å². The predicted molar refractivity (Wildman–Crippen MR) is 226 cm³/mol. The Labute approximate surface area is 336 Å². The van der Waals surface area contributed by atoms with E-state index in [0.717, 1.165) is 50.0 Å². The van der Waals surface area contributed by atoms with E-state index in [4.69, 9.17) is 4.42 Å². The number of hydrogen-bond acceptors (Lipinski definition) is 3. The largest absolute Gasteiger partial charge is 0 e. The van der Waals surface area contributed by atoms with Crippen LogP contribution < -0.4 is 4.40 Å². The molecular weight excluding hydrogens is 897 g/mol. The molecular formula is C49H46GeIrN2O-2. The van der Waals surface area contributed by atoms with Crippen molar-refractivity contribution < 1.29 is 24.5 Å². The topological polar surface area (TPSA) is 38.9 Å². The van der Waals surface area contributed by atoms with Gasteiger partial charge in [0, 0.05) is 31.7 Å². The molecule has 273 valence electrons. The van der Waals surface area contributed by atoms with Crippen LogP contribution in [0.4, 0.5) is 0 Å². The smallest absolute Gasteiger partial charge is 0 e. The van der Waals surface area contributed by atoms with Gasteiger partial charge in [0.2, 0.25) is 0 Å². The van der Waals surface area contributed by atoms with Crippen LogP contribution in [0.2, 0.25) is 17.3 Å². The standard InChI is InChI=1S/C33H26NO.C16H20GeN.Ir/c1-33(2,3)25-19-20-34-29(21-25)27-12-7-13-28-31-26(11-8-14-30(31)35-32(27)28)24-17-15-23(16-18-24)22-9-5-4-6-10-22;1-12-6-8-15(13(2)10-12)16-9-7-14(11-18-16)17(3,4)5;/h4-11,13-21H,1-3H3;6-7,9-11H,1-5H3;/q2*-1;. The fourth-order valence-electron chi connectivity index (χ4n) is 6.75. The van der Waals surface area contributed by atoms with Crippen molar-refractivity contribution in [1.29, 1.82) is 0 Å². The first-order chi connectivity index (χ1) is 25.4. The number of aryl methyl sites for hydroxylation is 2. The zero-order valence-electron chi connectivity index (χ0n) is 32.3. The van der Waals surface area contributed by atoms with E-state index in [2.05, 4.69) is 177 Å². The van der Waals surface area contributed by atoms with Crippen molar-refractivity contribution in [1.82, 2.24) is 9.97 Å². The van der Waals surface area contributed by atoms with Crippen molar-refractivity contribution in [3.05, 3.63) is 163 Å². The summed E-state index contributed by atoms with van der Waals surface area (Å²) in [6, 6.07) is 49.1. The van der Waals surface area contributed by atoms with Crippen molar-refractivity contribution in [2.75, 3.05) is 0 Å². The van der Waals surface area contributed by atoms with Crippen LogP contribution in [0, 0.1) is 26.0 Å². The number of aromatic nitrogens is 2. The molecule has 5 aromatic carbocycles. The molecule has 0 amide bonds. The number of benzene rings is 5. The molecule has 0 unspecified atom stereocenters. The number of hydrogen-bond donors (Lipinski definition) is 0. The molecule has 0 aliphatic carbocycles. The summed E-state index contributed by atoms with van der Waals surface area (Å²) in [6.07, 6.45) is 3.94. The Bertz CT molecular complexity index is 2520. The predicted octanol–water partition coefficient (Wildman–Crippen LogP) is 12.8. The molecule has 0 aliphatic rings. The summed E-state index contributed by atoms with van der Waals surface area (Å²) >= 11 is -1.74. The van der Waals surface area contributed by atoms with E-state index in [1.165, 1.54) is 37.8 Å². The molecule has 0 spiro atoms. The van der Waals surface area contributed by atoms with E-state index >= 15 is 0 Å². The SMILES string of the molecule is CC(C)(C)c1ccnc(-c2[c-]ccc3c2oc2cccc(-c4ccc(-c5ccccc5)cc4)c23)c1.Cc1c[c-]c(-c2cc[c]([Ge]([CH3])([CH3])[CH3])cn2)c(C)c1.[Ir]. The first-order valence-electron chi connectivity index (χ1n) is 18.3. The molecule has 3 nitrogen and oxygen atoms in total. The Morgan fingerprint density at radius 1 is 0.667 bits per heavy atom. The van der Waals surface area contributed by atoms with Gasteiger partial charge in [0.15, 0.2) is 0 Å². The summed E-state index contributed by atoms with van der Waals surface area (Å²) in [5.41, 5.74) is 14.2. The summed E-state index contributed by atoms with van der Waals surface area (Å²) in [4.78, 5) is 9.29. The molecule has 8 aromatic rings. The van der Waals surface area contributed by atoms with Gasteiger partial charge in [0.1, 0.15) is 5.58 Å². The monoisotopic (exact) mass is 945 g/mol. The quantitative estimate of drug-likeness (QED) is 0.127. The zero-order chi connectivity index (χ0) is 37.3. The third-order valence-electron chi connectivity index (χ3n) is 9.81. The number of nitrogens with zero attached hydrogens (tertiary/aromatic N) is 2. The normalized spacial score (nSPS) is 11.6. The van der Waals surface area contributed by atoms with Gasteiger partial charge < -0.3 is 9.40 Å². The Morgan fingerprint density at radius 2 is 1.39 bits per heavy atom. The van der Waals surface area contributed by atoms with Gasteiger partial charge in [-0.2, -0.15) is 0 Å². The van der Waals surface area contributed by atoms with Crippen LogP contribution in [0.5, 0.6) is 0 Å². The maximum atomic E-state index is 6.45. The van der Waals surface area contributed by atoms with Crippen molar-refractivity contribution in [2.24, 2.45) is 0 Å². The maximum Gasteiger partial charge on any atom is 0 e. The molecule has 0 saturated carbocycles. The van der Waals surface area contributed by atoms with E-state index in [-0.39, 0.29) is 25.5 Å². The third-order valence-corrected chi connectivity index (χ3v) is 14.1. The van der Waals surface area contributed by atoms with E-state index in [1.54, 1.807) is 0 Å². The summed E-state index contributed by atoms with van der Waals surface area (Å²) in [5.74, 6) is 7.17. The molecule has 5 heteroatoms. The van der Waals surface area contributed by atoms with Gasteiger partial charge in [0.25, 0.3) is 0 Å². The summed E-state index contributed by atoms with van der Waals surface area (Å²) in [5, 5.41) is 2.21. The Morgan fingerprint density at radius 3 is 2.06 bits per heavy atom. The van der Waals surface area contributed by atoms with Crippen LogP contribution >= 0.6 is 0 Å². The van der Waals surface area contributed by atoms with Crippen LogP contribution in [0.25, 0.3) is 66.7 Å². The average Bonchev–Trinajstić information content (AvgIpc) is 3.54. The van der Waals surface area contributed by atoms with Gasteiger partial charge in [-0.3, -0.25) is 0 Å². The molecule has 3 aromatic heterocycles. The van der Waals surface area contributed by atoms with Gasteiger partial charge in [-0.05, 0) is 51.1 Å². The van der Waals surface area contributed by atoms with Gasteiger partial charge in [-0.1, -0.05) is 105 Å². The second kappa shape index (κ2) is 16.0. The molecule has 3 heterocycles. The number of pyridine rings is 2. The van der Waals surface area contributed by atoms with Crippen LogP contribution in [0.3, 0.4) is 0 Å². The third kappa shape index (κ3) is 8.37. The van der Waals surface area contributed by atoms with Crippen LogP contribution in [0.1, 0.15) is 37.5 Å². The second-order valence-electron chi connectivity index (χ2n) is 15.9. The summed E-state index contributed by atoms with van der Waals surface area (Å²) < 4.78 is 7.90. The molecule has 0 fully saturated rings. The van der Waals surface area contributed by atoms with Crippen molar-refractivity contribution in [2.45, 2.75) is 57.3 Å². The Balaban J connectivity index is 0.000000222. The first kappa shape index (κ1) is 39.1. The molecule has 1 radical (unpaired) electrons. The number of furan rings is 1. The maximum absolute atomic E-state index is 6.45. The minimum atomic E-state index is -1.74. The molecule has 54 heavy (non-hydrogen) atoms. The molecule has 0 saturated heterocycles. The molecule has 0 atom stereocenters. The van der Waals surface area contributed by atoms with E-state index < -0.39 is 13.3 Å². The van der Waals surface area contributed by atoms with E-state index in [0.29, 0.717) is 0 Å². The van der Waals surface area contributed by atoms with Crippen LogP contribution in [-0.4, -0.2) is 23.2 Å². The molecule has 0 aliphatic heterocycles. The molecule has 8 rings (SSSR count). The van der Waals surface area contributed by atoms with Crippen molar-refractivity contribution in [3.63, 3.8) is 0 Å². The van der Waals surface area contributed by atoms with Gasteiger partial charge in [0.05, 0.1) is 5.58 Å². The van der Waals surface area contributed by atoms with Gasteiger partial charge in [-0.15, -0.1) is 18.2 Å². The Hall–Kier alpha value is -4.61. The zero-order valence-corrected chi connectivity index (χ0v) is 36.8. The number of rotatable bonds is 5. The summed E-state index contributed by atoms with van der Waals surface area (Å²) in [6.45, 7) is 10.9. The summed E-state index contributed by atoms with van der Waals surface area (Å²) in [7, 11) is 0. The van der Waals surface area contributed by atoms with E-state index in [1.807, 2.05) is 30.5 Å². The number of fused-ring (bicyclic) bond motifs is 3. The van der Waals surface area contributed by atoms with Gasteiger partial charge >= 0.3 is 113 Å². The minimum absolute atomic E-state index is 0. The van der Waals surface area contributed by atoms with Crippen molar-refractivity contribution in [3.8, 4) is 44.8 Å².